The molecule has 0 bridgehead atoms. The van der Waals surface area contributed by atoms with E-state index in [1.807, 2.05) is 30.3 Å². The van der Waals surface area contributed by atoms with E-state index in [1.165, 1.54) is 0 Å². The summed E-state index contributed by atoms with van der Waals surface area (Å²) in [6.07, 6.45) is 0.201. The van der Waals surface area contributed by atoms with Gasteiger partial charge in [0.15, 0.2) is 11.6 Å². The number of carbonyl (C=O) groups is 2. The van der Waals surface area contributed by atoms with E-state index in [0.29, 0.717) is 22.6 Å². The van der Waals surface area contributed by atoms with Gasteiger partial charge in [0.05, 0.1) is 11.1 Å². The van der Waals surface area contributed by atoms with E-state index in [9.17, 15) is 14.7 Å². The van der Waals surface area contributed by atoms with E-state index in [-0.39, 0.29) is 24.4 Å². The first-order valence-corrected chi connectivity index (χ1v) is 9.55. The molecule has 0 aromatic heterocycles. The van der Waals surface area contributed by atoms with Crippen molar-refractivity contribution in [3.05, 3.63) is 106 Å². The Hall–Kier alpha value is -2.75. The summed E-state index contributed by atoms with van der Waals surface area (Å²) in [5.74, 6) is -0.0883. The Kier molecular flexibility index (Phi) is 6.75. The quantitative estimate of drug-likeness (QED) is 0.518. The van der Waals surface area contributed by atoms with Crippen LogP contribution in [0.15, 0.2) is 78.9 Å². The number of rotatable bonds is 8. The van der Waals surface area contributed by atoms with Crippen molar-refractivity contribution in [3.8, 4) is 0 Å². The highest BCUT2D eigenvalue weighted by molar-refractivity contribution is 6.34. The molecule has 0 radical (unpaired) electrons. The first-order valence-electron chi connectivity index (χ1n) is 9.17. The lowest BCUT2D eigenvalue weighted by Crippen LogP contribution is -2.06. The summed E-state index contributed by atoms with van der Waals surface area (Å²) in [4.78, 5) is 24.8. The van der Waals surface area contributed by atoms with Crippen molar-refractivity contribution in [1.82, 2.24) is 0 Å². The SMILES string of the molecule is O=C(CCC(O)c1ccccc1)c1ccc(CC(=O)c2ccccc2Cl)cc1. The summed E-state index contributed by atoms with van der Waals surface area (Å²) in [5.41, 5.74) is 2.71. The first kappa shape index (κ1) is 20.0. The predicted octanol–water partition coefficient (Wildman–Crippen LogP) is 5.46. The number of hydrogen-bond acceptors (Lipinski definition) is 3. The summed E-state index contributed by atoms with van der Waals surface area (Å²) < 4.78 is 0. The van der Waals surface area contributed by atoms with E-state index in [1.54, 1.807) is 48.5 Å². The zero-order chi connectivity index (χ0) is 19.9. The van der Waals surface area contributed by atoms with Gasteiger partial charge < -0.3 is 5.11 Å². The number of halogens is 1. The molecule has 3 rings (SSSR count). The Labute approximate surface area is 169 Å². The summed E-state index contributed by atoms with van der Waals surface area (Å²) in [6.45, 7) is 0. The normalized spacial score (nSPS) is 11.8. The van der Waals surface area contributed by atoms with E-state index in [0.717, 1.165) is 11.1 Å². The molecule has 1 N–H and O–H groups in total. The van der Waals surface area contributed by atoms with Gasteiger partial charge in [-0.25, -0.2) is 0 Å². The molecule has 0 fully saturated rings. The lowest BCUT2D eigenvalue weighted by Gasteiger charge is -2.10. The second-order valence-electron chi connectivity index (χ2n) is 6.67. The van der Waals surface area contributed by atoms with Crippen LogP contribution in [0.3, 0.4) is 0 Å². The van der Waals surface area contributed by atoms with Crippen LogP contribution in [-0.4, -0.2) is 16.7 Å². The van der Waals surface area contributed by atoms with Crippen molar-refractivity contribution in [2.45, 2.75) is 25.4 Å². The molecule has 3 aromatic rings. The van der Waals surface area contributed by atoms with Crippen LogP contribution in [0.4, 0.5) is 0 Å². The highest BCUT2D eigenvalue weighted by Gasteiger charge is 2.13. The Morgan fingerprint density at radius 1 is 0.821 bits per heavy atom. The third-order valence-corrected chi connectivity index (χ3v) is 4.97. The van der Waals surface area contributed by atoms with Gasteiger partial charge in [-0.15, -0.1) is 0 Å². The largest absolute Gasteiger partial charge is 0.388 e. The standard InChI is InChI=1S/C24H21ClO3/c25-21-9-5-4-8-20(21)24(28)16-17-10-12-19(13-11-17)23(27)15-14-22(26)18-6-2-1-3-7-18/h1-13,22,26H,14-16H2. The highest BCUT2D eigenvalue weighted by atomic mass is 35.5. The van der Waals surface area contributed by atoms with Gasteiger partial charge in [0.25, 0.3) is 0 Å². The molecule has 0 amide bonds. The maximum Gasteiger partial charge on any atom is 0.168 e. The van der Waals surface area contributed by atoms with Gasteiger partial charge in [-0.05, 0) is 29.7 Å². The maximum atomic E-state index is 12.4. The maximum absolute atomic E-state index is 12.4. The van der Waals surface area contributed by atoms with Crippen LogP contribution in [0.2, 0.25) is 5.02 Å². The molecular formula is C24H21ClO3. The molecule has 0 aliphatic heterocycles. The predicted molar refractivity (Wildman–Crippen MR) is 111 cm³/mol. The van der Waals surface area contributed by atoms with Crippen LogP contribution in [-0.2, 0) is 6.42 Å². The molecule has 4 heteroatoms. The number of benzene rings is 3. The van der Waals surface area contributed by atoms with E-state index >= 15 is 0 Å². The molecule has 1 atom stereocenters. The molecule has 0 aliphatic rings. The van der Waals surface area contributed by atoms with Gasteiger partial charge in [-0.2, -0.15) is 0 Å². The summed E-state index contributed by atoms with van der Waals surface area (Å²) in [5, 5.41) is 10.6. The van der Waals surface area contributed by atoms with Crippen LogP contribution in [0.5, 0.6) is 0 Å². The van der Waals surface area contributed by atoms with Gasteiger partial charge in [0.2, 0.25) is 0 Å². The average molecular weight is 393 g/mol. The van der Waals surface area contributed by atoms with Crippen molar-refractivity contribution < 1.29 is 14.7 Å². The monoisotopic (exact) mass is 392 g/mol. The lowest BCUT2D eigenvalue weighted by molar-refractivity contribution is 0.0940. The molecule has 0 aliphatic carbocycles. The second kappa shape index (κ2) is 9.45. The second-order valence-corrected chi connectivity index (χ2v) is 7.07. The molecule has 3 nitrogen and oxygen atoms in total. The smallest absolute Gasteiger partial charge is 0.168 e. The Balaban J connectivity index is 1.57. The minimum absolute atomic E-state index is 0.0287. The van der Waals surface area contributed by atoms with E-state index in [2.05, 4.69) is 0 Å². The number of aliphatic hydroxyl groups excluding tert-OH is 1. The molecule has 142 valence electrons. The molecule has 28 heavy (non-hydrogen) atoms. The van der Waals surface area contributed by atoms with Crippen molar-refractivity contribution in [2.24, 2.45) is 0 Å². The number of hydrogen-bond donors (Lipinski definition) is 1. The van der Waals surface area contributed by atoms with Gasteiger partial charge in [-0.3, -0.25) is 9.59 Å². The molecule has 0 heterocycles. The topological polar surface area (TPSA) is 54.4 Å². The van der Waals surface area contributed by atoms with Crippen molar-refractivity contribution in [2.75, 3.05) is 0 Å². The van der Waals surface area contributed by atoms with Gasteiger partial charge >= 0.3 is 0 Å². The minimum atomic E-state index is -0.655. The van der Waals surface area contributed by atoms with Gasteiger partial charge in [-0.1, -0.05) is 78.3 Å². The van der Waals surface area contributed by atoms with Crippen LogP contribution >= 0.6 is 11.6 Å². The fraction of sp³-hybridized carbons (Fsp3) is 0.167. The van der Waals surface area contributed by atoms with Crippen LogP contribution in [0, 0.1) is 0 Å². The molecular weight excluding hydrogens is 372 g/mol. The van der Waals surface area contributed by atoms with Crippen molar-refractivity contribution in [3.63, 3.8) is 0 Å². The van der Waals surface area contributed by atoms with E-state index in [4.69, 9.17) is 11.6 Å². The fourth-order valence-electron chi connectivity index (χ4n) is 3.03. The Bertz CT molecular complexity index is 949. The Morgan fingerprint density at radius 3 is 2.14 bits per heavy atom. The minimum Gasteiger partial charge on any atom is -0.388 e. The Morgan fingerprint density at radius 2 is 1.46 bits per heavy atom. The molecule has 0 spiro atoms. The van der Waals surface area contributed by atoms with Crippen LogP contribution < -0.4 is 0 Å². The first-order chi connectivity index (χ1) is 13.5. The van der Waals surface area contributed by atoms with Crippen LogP contribution in [0.1, 0.15) is 50.8 Å². The molecule has 1 unspecified atom stereocenters. The highest BCUT2D eigenvalue weighted by Crippen LogP contribution is 2.20. The van der Waals surface area contributed by atoms with E-state index < -0.39 is 6.10 Å². The van der Waals surface area contributed by atoms with Crippen molar-refractivity contribution in [1.29, 1.82) is 0 Å². The summed E-state index contributed by atoms with van der Waals surface area (Å²) >= 11 is 6.07. The fourth-order valence-corrected chi connectivity index (χ4v) is 3.27. The zero-order valence-electron chi connectivity index (χ0n) is 15.3. The van der Waals surface area contributed by atoms with Gasteiger partial charge in [0, 0.05) is 24.0 Å². The number of Topliss-reactive ketones (excluding diaryl/α,β-unsaturated/α-hetero) is 2. The molecule has 0 saturated carbocycles. The summed E-state index contributed by atoms with van der Waals surface area (Å²) in [7, 11) is 0. The van der Waals surface area contributed by atoms with Crippen LogP contribution in [0.25, 0.3) is 0 Å². The number of carbonyl (C=O) groups excluding carboxylic acids is 2. The molecule has 3 aromatic carbocycles. The third kappa shape index (κ3) is 5.16. The number of aliphatic hydroxyl groups is 1. The summed E-state index contributed by atoms with van der Waals surface area (Å²) in [6, 6.07) is 23.3. The number of ketones is 2. The zero-order valence-corrected chi connectivity index (χ0v) is 16.1. The lowest BCUT2D eigenvalue weighted by atomic mass is 9.98. The average Bonchev–Trinajstić information content (AvgIpc) is 2.73. The van der Waals surface area contributed by atoms with Crippen molar-refractivity contribution >= 4 is 23.2 Å². The van der Waals surface area contributed by atoms with Gasteiger partial charge in [0.1, 0.15) is 0 Å². The third-order valence-electron chi connectivity index (χ3n) is 4.64. The molecule has 0 saturated heterocycles.